The Labute approximate surface area is 165 Å². The number of pyridine rings is 1. The SMILES string of the molecule is COc1ccc(-c2cc(-c3ccccc3C(F)(F)F)c(C#N)c(N)n2)cc1OC. The third-order valence-corrected chi connectivity index (χ3v) is 4.36. The third-order valence-electron chi connectivity index (χ3n) is 4.36. The fourth-order valence-electron chi connectivity index (χ4n) is 3.00. The fourth-order valence-corrected chi connectivity index (χ4v) is 3.00. The summed E-state index contributed by atoms with van der Waals surface area (Å²) in [5, 5.41) is 9.48. The molecule has 0 unspecified atom stereocenters. The maximum absolute atomic E-state index is 13.5. The van der Waals surface area contributed by atoms with Gasteiger partial charge >= 0.3 is 6.18 Å². The van der Waals surface area contributed by atoms with Crippen molar-refractivity contribution in [1.82, 2.24) is 4.98 Å². The maximum Gasteiger partial charge on any atom is 0.417 e. The summed E-state index contributed by atoms with van der Waals surface area (Å²) >= 11 is 0. The first-order chi connectivity index (χ1) is 13.8. The second-order valence-corrected chi connectivity index (χ2v) is 6.04. The molecule has 1 heterocycles. The van der Waals surface area contributed by atoms with Crippen LogP contribution in [0.4, 0.5) is 19.0 Å². The Balaban J connectivity index is 2.27. The first kappa shape index (κ1) is 20.0. The number of benzene rings is 2. The van der Waals surface area contributed by atoms with E-state index >= 15 is 0 Å². The minimum atomic E-state index is -4.59. The third kappa shape index (κ3) is 3.80. The van der Waals surface area contributed by atoms with E-state index in [4.69, 9.17) is 15.2 Å². The summed E-state index contributed by atoms with van der Waals surface area (Å²) in [6.07, 6.45) is -4.59. The number of methoxy groups -OCH3 is 2. The van der Waals surface area contributed by atoms with E-state index < -0.39 is 11.7 Å². The number of nitrogens with zero attached hydrogens (tertiary/aromatic N) is 2. The Morgan fingerprint density at radius 3 is 2.28 bits per heavy atom. The number of ether oxygens (including phenoxy) is 2. The van der Waals surface area contributed by atoms with Gasteiger partial charge in [-0.2, -0.15) is 18.4 Å². The van der Waals surface area contributed by atoms with E-state index in [1.807, 2.05) is 6.07 Å². The van der Waals surface area contributed by atoms with Crippen LogP contribution < -0.4 is 15.2 Å². The van der Waals surface area contributed by atoms with E-state index in [0.29, 0.717) is 22.8 Å². The molecule has 0 aliphatic heterocycles. The van der Waals surface area contributed by atoms with Crippen LogP contribution in [0.3, 0.4) is 0 Å². The minimum Gasteiger partial charge on any atom is -0.493 e. The topological polar surface area (TPSA) is 81.2 Å². The molecule has 0 bridgehead atoms. The van der Waals surface area contributed by atoms with Crippen molar-refractivity contribution in [3.8, 4) is 40.0 Å². The number of aromatic nitrogens is 1. The molecule has 3 aromatic rings. The Hall–Kier alpha value is -3.73. The predicted molar refractivity (Wildman–Crippen MR) is 102 cm³/mol. The van der Waals surface area contributed by atoms with Gasteiger partial charge in [-0.05, 0) is 35.9 Å². The molecule has 5 nitrogen and oxygen atoms in total. The first-order valence-electron chi connectivity index (χ1n) is 8.39. The number of hydrogen-bond donors (Lipinski definition) is 1. The highest BCUT2D eigenvalue weighted by molar-refractivity contribution is 5.82. The van der Waals surface area contributed by atoms with Crippen molar-refractivity contribution in [3.63, 3.8) is 0 Å². The largest absolute Gasteiger partial charge is 0.493 e. The summed E-state index contributed by atoms with van der Waals surface area (Å²) in [6.45, 7) is 0. The van der Waals surface area contributed by atoms with Gasteiger partial charge in [0.15, 0.2) is 11.5 Å². The number of nitriles is 1. The van der Waals surface area contributed by atoms with E-state index in [1.165, 1.54) is 38.5 Å². The van der Waals surface area contributed by atoms with Crippen LogP contribution in [-0.4, -0.2) is 19.2 Å². The van der Waals surface area contributed by atoms with Crippen molar-refractivity contribution in [1.29, 1.82) is 5.26 Å². The summed E-state index contributed by atoms with van der Waals surface area (Å²) in [5.74, 6) is 0.749. The Kier molecular flexibility index (Phi) is 5.33. The molecule has 0 saturated heterocycles. The fraction of sp³-hybridized carbons (Fsp3) is 0.143. The summed E-state index contributed by atoms with van der Waals surface area (Å²) < 4.78 is 51.0. The van der Waals surface area contributed by atoms with Crippen molar-refractivity contribution in [2.75, 3.05) is 20.0 Å². The van der Waals surface area contributed by atoms with E-state index in [9.17, 15) is 18.4 Å². The molecule has 0 spiro atoms. The summed E-state index contributed by atoms with van der Waals surface area (Å²) in [7, 11) is 2.95. The number of nitrogens with two attached hydrogens (primary N) is 1. The smallest absolute Gasteiger partial charge is 0.417 e. The molecule has 3 rings (SSSR count). The second-order valence-electron chi connectivity index (χ2n) is 6.04. The molecule has 0 atom stereocenters. The zero-order valence-electron chi connectivity index (χ0n) is 15.5. The molecule has 0 radical (unpaired) electrons. The lowest BCUT2D eigenvalue weighted by atomic mass is 9.94. The number of anilines is 1. The zero-order chi connectivity index (χ0) is 21.2. The number of alkyl halides is 3. The standard InChI is InChI=1S/C21H16F3N3O2/c1-28-18-8-7-12(9-19(18)29-2)17-10-14(15(11-25)20(26)27-17)13-5-3-4-6-16(13)21(22,23)24/h3-10H,1-2H3,(H2,26,27). The molecule has 0 aliphatic carbocycles. The Morgan fingerprint density at radius 2 is 1.66 bits per heavy atom. The second kappa shape index (κ2) is 7.72. The number of hydrogen-bond acceptors (Lipinski definition) is 5. The van der Waals surface area contributed by atoms with Crippen LogP contribution in [-0.2, 0) is 6.18 Å². The number of rotatable bonds is 4. The van der Waals surface area contributed by atoms with Crippen molar-refractivity contribution in [3.05, 3.63) is 59.7 Å². The van der Waals surface area contributed by atoms with Crippen molar-refractivity contribution >= 4 is 5.82 Å². The van der Waals surface area contributed by atoms with Gasteiger partial charge in [0.2, 0.25) is 0 Å². The van der Waals surface area contributed by atoms with Gasteiger partial charge in [-0.15, -0.1) is 0 Å². The van der Waals surface area contributed by atoms with Crippen LogP contribution in [0.15, 0.2) is 48.5 Å². The van der Waals surface area contributed by atoms with Gasteiger partial charge in [0.25, 0.3) is 0 Å². The molecule has 0 amide bonds. The molecule has 1 aromatic heterocycles. The monoisotopic (exact) mass is 399 g/mol. The van der Waals surface area contributed by atoms with E-state index in [2.05, 4.69) is 4.98 Å². The lowest BCUT2D eigenvalue weighted by Crippen LogP contribution is -2.08. The molecule has 2 aromatic carbocycles. The van der Waals surface area contributed by atoms with Gasteiger partial charge < -0.3 is 15.2 Å². The lowest BCUT2D eigenvalue weighted by molar-refractivity contribution is -0.137. The molecule has 29 heavy (non-hydrogen) atoms. The molecule has 0 saturated carbocycles. The van der Waals surface area contributed by atoms with Crippen molar-refractivity contribution < 1.29 is 22.6 Å². The maximum atomic E-state index is 13.5. The molecule has 8 heteroatoms. The molecule has 2 N–H and O–H groups in total. The Bertz CT molecular complexity index is 1110. The quantitative estimate of drug-likeness (QED) is 0.675. The summed E-state index contributed by atoms with van der Waals surface area (Å²) in [5.41, 5.74) is 5.70. The molecular weight excluding hydrogens is 383 g/mol. The van der Waals surface area contributed by atoms with Crippen LogP contribution in [0.5, 0.6) is 11.5 Å². The van der Waals surface area contributed by atoms with Crippen molar-refractivity contribution in [2.24, 2.45) is 0 Å². The average molecular weight is 399 g/mol. The highest BCUT2D eigenvalue weighted by Crippen LogP contribution is 2.40. The molecular formula is C21H16F3N3O2. The van der Waals surface area contributed by atoms with E-state index in [0.717, 1.165) is 6.07 Å². The van der Waals surface area contributed by atoms with Gasteiger partial charge in [-0.25, -0.2) is 4.98 Å². The van der Waals surface area contributed by atoms with Gasteiger partial charge in [0, 0.05) is 11.1 Å². The van der Waals surface area contributed by atoms with Crippen LogP contribution in [0.25, 0.3) is 22.4 Å². The van der Waals surface area contributed by atoms with Gasteiger partial charge in [0.1, 0.15) is 17.5 Å². The van der Waals surface area contributed by atoms with Crippen LogP contribution >= 0.6 is 0 Å². The zero-order valence-corrected chi connectivity index (χ0v) is 15.5. The molecule has 148 valence electrons. The molecule has 0 fully saturated rings. The lowest BCUT2D eigenvalue weighted by Gasteiger charge is -2.16. The summed E-state index contributed by atoms with van der Waals surface area (Å²) in [6, 6.07) is 13.3. The predicted octanol–water partition coefficient (Wildman–Crippen LogP) is 4.91. The molecule has 0 aliphatic rings. The minimum absolute atomic E-state index is 0.0534. The van der Waals surface area contributed by atoms with E-state index in [1.54, 1.807) is 18.2 Å². The highest BCUT2D eigenvalue weighted by atomic mass is 19.4. The number of nitrogen functional groups attached to an aromatic ring is 1. The van der Waals surface area contributed by atoms with Crippen LogP contribution in [0.1, 0.15) is 11.1 Å². The van der Waals surface area contributed by atoms with E-state index in [-0.39, 0.29) is 22.5 Å². The Morgan fingerprint density at radius 1 is 0.966 bits per heavy atom. The summed E-state index contributed by atoms with van der Waals surface area (Å²) in [4.78, 5) is 4.20. The first-order valence-corrected chi connectivity index (χ1v) is 8.39. The van der Waals surface area contributed by atoms with Gasteiger partial charge in [-0.1, -0.05) is 18.2 Å². The number of halogens is 3. The highest BCUT2D eigenvalue weighted by Gasteiger charge is 2.34. The van der Waals surface area contributed by atoms with Crippen LogP contribution in [0, 0.1) is 11.3 Å². The van der Waals surface area contributed by atoms with Crippen LogP contribution in [0.2, 0.25) is 0 Å². The van der Waals surface area contributed by atoms with Gasteiger partial charge in [0.05, 0.1) is 25.5 Å². The average Bonchev–Trinajstić information content (AvgIpc) is 2.72. The van der Waals surface area contributed by atoms with Gasteiger partial charge in [-0.3, -0.25) is 0 Å². The normalized spacial score (nSPS) is 11.0. The van der Waals surface area contributed by atoms with Crippen molar-refractivity contribution in [2.45, 2.75) is 6.18 Å².